The summed E-state index contributed by atoms with van der Waals surface area (Å²) in [5.74, 6) is -0.552. The van der Waals surface area contributed by atoms with Crippen LogP contribution in [0.5, 0.6) is 0 Å². The number of rotatable bonds is 4. The molecule has 1 unspecified atom stereocenters. The fourth-order valence-corrected chi connectivity index (χ4v) is 1.06. The maximum Gasteiger partial charge on any atom is 0.212 e. The van der Waals surface area contributed by atoms with E-state index in [0.717, 1.165) is 5.56 Å². The van der Waals surface area contributed by atoms with Crippen LogP contribution in [-0.2, 0) is 16.0 Å². The monoisotopic (exact) mass is 177 g/mol. The summed E-state index contributed by atoms with van der Waals surface area (Å²) in [5.41, 5.74) is 6.44. The summed E-state index contributed by atoms with van der Waals surface area (Å²) < 4.78 is 0. The second-order valence-electron chi connectivity index (χ2n) is 2.82. The normalized spacial score (nSPS) is 12.1. The first-order valence-electron chi connectivity index (χ1n) is 4.02. The van der Waals surface area contributed by atoms with Crippen molar-refractivity contribution in [2.45, 2.75) is 12.5 Å². The predicted octanol–water partition coefficient (Wildman–Crippen LogP) is 0.324. The van der Waals surface area contributed by atoms with Gasteiger partial charge in [-0.15, -0.1) is 0 Å². The maximum absolute atomic E-state index is 10.8. The molecule has 0 bridgehead atoms. The van der Waals surface area contributed by atoms with Crippen molar-refractivity contribution in [2.24, 2.45) is 5.73 Å². The number of nitrogens with two attached hydrogens (primary N) is 1. The molecule has 1 aromatic rings. The van der Waals surface area contributed by atoms with Gasteiger partial charge in [-0.1, -0.05) is 30.3 Å². The molecule has 13 heavy (non-hydrogen) atoms. The Morgan fingerprint density at radius 2 is 2.00 bits per heavy atom. The molecule has 1 rings (SSSR count). The summed E-state index contributed by atoms with van der Waals surface area (Å²) >= 11 is 0. The summed E-state index contributed by atoms with van der Waals surface area (Å²) in [7, 11) is 0. The molecule has 0 fully saturated rings. The van der Waals surface area contributed by atoms with E-state index in [1.807, 2.05) is 30.3 Å². The van der Waals surface area contributed by atoms with Gasteiger partial charge in [0.05, 0.1) is 6.04 Å². The van der Waals surface area contributed by atoms with E-state index in [1.54, 1.807) is 0 Å². The predicted molar refractivity (Wildman–Crippen MR) is 49.2 cm³/mol. The Hall–Kier alpha value is -1.48. The number of hydrogen-bond donors (Lipinski definition) is 1. The minimum atomic E-state index is -0.708. The SMILES string of the molecule is NC(Cc1ccccc1)C(=O)C=O. The zero-order valence-electron chi connectivity index (χ0n) is 7.14. The minimum Gasteiger partial charge on any atom is -0.321 e. The van der Waals surface area contributed by atoms with Gasteiger partial charge in [0.15, 0.2) is 6.29 Å². The number of carbonyl (C=O) groups is 2. The van der Waals surface area contributed by atoms with Crippen LogP contribution in [0, 0.1) is 0 Å². The summed E-state index contributed by atoms with van der Waals surface area (Å²) in [6.45, 7) is 0. The Labute approximate surface area is 76.6 Å². The number of ketones is 1. The summed E-state index contributed by atoms with van der Waals surface area (Å²) in [6, 6.07) is 8.66. The van der Waals surface area contributed by atoms with Gasteiger partial charge in [0.1, 0.15) is 0 Å². The van der Waals surface area contributed by atoms with Crippen LogP contribution in [0.15, 0.2) is 30.3 Å². The van der Waals surface area contributed by atoms with Crippen LogP contribution >= 0.6 is 0 Å². The molecule has 0 saturated carbocycles. The molecule has 0 saturated heterocycles. The number of Topliss-reactive ketones (excluding diaryl/α,β-unsaturated/α-hetero) is 1. The van der Waals surface area contributed by atoms with Crippen LogP contribution < -0.4 is 5.73 Å². The summed E-state index contributed by atoms with van der Waals surface area (Å²) in [5, 5.41) is 0. The molecule has 3 heteroatoms. The number of hydrogen-bond acceptors (Lipinski definition) is 3. The van der Waals surface area contributed by atoms with Gasteiger partial charge >= 0.3 is 0 Å². The van der Waals surface area contributed by atoms with Gasteiger partial charge in [0.25, 0.3) is 0 Å². The Morgan fingerprint density at radius 3 is 2.54 bits per heavy atom. The van der Waals surface area contributed by atoms with E-state index in [9.17, 15) is 9.59 Å². The molecule has 1 atom stereocenters. The van der Waals surface area contributed by atoms with Gasteiger partial charge in [-0.25, -0.2) is 0 Å². The molecule has 3 nitrogen and oxygen atoms in total. The highest BCUT2D eigenvalue weighted by Gasteiger charge is 2.11. The first-order chi connectivity index (χ1) is 6.24. The third-order valence-corrected chi connectivity index (χ3v) is 1.78. The quantitative estimate of drug-likeness (QED) is 0.532. The smallest absolute Gasteiger partial charge is 0.212 e. The highest BCUT2D eigenvalue weighted by Crippen LogP contribution is 2.01. The molecule has 0 aliphatic rings. The molecule has 68 valence electrons. The van der Waals surface area contributed by atoms with E-state index < -0.39 is 11.8 Å². The fourth-order valence-electron chi connectivity index (χ4n) is 1.06. The van der Waals surface area contributed by atoms with E-state index >= 15 is 0 Å². The molecule has 0 amide bonds. The van der Waals surface area contributed by atoms with Crippen LogP contribution in [0.25, 0.3) is 0 Å². The van der Waals surface area contributed by atoms with Crippen molar-refractivity contribution in [1.29, 1.82) is 0 Å². The molecule has 0 aliphatic heterocycles. The number of aldehydes is 1. The molecular formula is C10H11NO2. The first-order valence-corrected chi connectivity index (χ1v) is 4.02. The third kappa shape index (κ3) is 2.80. The topological polar surface area (TPSA) is 60.2 Å². The van der Waals surface area contributed by atoms with Gasteiger partial charge in [-0.2, -0.15) is 0 Å². The minimum absolute atomic E-state index is 0.271. The van der Waals surface area contributed by atoms with Crippen LogP contribution in [0.2, 0.25) is 0 Å². The van der Waals surface area contributed by atoms with Crippen molar-refractivity contribution in [3.63, 3.8) is 0 Å². The zero-order chi connectivity index (χ0) is 9.68. The molecule has 0 spiro atoms. The fraction of sp³-hybridized carbons (Fsp3) is 0.200. The lowest BCUT2D eigenvalue weighted by atomic mass is 10.0. The van der Waals surface area contributed by atoms with Crippen molar-refractivity contribution in [3.8, 4) is 0 Å². The Bertz CT molecular complexity index is 295. The highest BCUT2D eigenvalue weighted by atomic mass is 16.2. The van der Waals surface area contributed by atoms with Crippen LogP contribution in [0.1, 0.15) is 5.56 Å². The van der Waals surface area contributed by atoms with Crippen molar-refractivity contribution < 1.29 is 9.59 Å². The molecule has 1 aromatic carbocycles. The highest BCUT2D eigenvalue weighted by molar-refractivity contribution is 6.27. The van der Waals surface area contributed by atoms with E-state index in [2.05, 4.69) is 0 Å². The van der Waals surface area contributed by atoms with Gasteiger partial charge in [-0.3, -0.25) is 9.59 Å². The van der Waals surface area contributed by atoms with E-state index in [0.29, 0.717) is 6.42 Å². The average molecular weight is 177 g/mol. The van der Waals surface area contributed by atoms with Gasteiger partial charge in [0.2, 0.25) is 5.78 Å². The van der Waals surface area contributed by atoms with E-state index in [4.69, 9.17) is 5.73 Å². The van der Waals surface area contributed by atoms with Gasteiger partial charge < -0.3 is 5.73 Å². The lowest BCUT2D eigenvalue weighted by Gasteiger charge is -2.05. The zero-order valence-corrected chi connectivity index (χ0v) is 7.14. The second kappa shape index (κ2) is 4.52. The van der Waals surface area contributed by atoms with Crippen LogP contribution in [0.4, 0.5) is 0 Å². The van der Waals surface area contributed by atoms with Crippen molar-refractivity contribution in [2.75, 3.05) is 0 Å². The number of carbonyl (C=O) groups excluding carboxylic acids is 2. The molecule has 2 N–H and O–H groups in total. The Balaban J connectivity index is 2.60. The standard InChI is InChI=1S/C10H11NO2/c11-9(10(13)7-12)6-8-4-2-1-3-5-8/h1-5,7,9H,6,11H2. The van der Waals surface area contributed by atoms with Crippen LogP contribution in [-0.4, -0.2) is 18.1 Å². The molecule has 0 radical (unpaired) electrons. The molecule has 0 aliphatic carbocycles. The third-order valence-electron chi connectivity index (χ3n) is 1.78. The second-order valence-corrected chi connectivity index (χ2v) is 2.82. The Morgan fingerprint density at radius 1 is 1.38 bits per heavy atom. The molecular weight excluding hydrogens is 166 g/mol. The van der Waals surface area contributed by atoms with Crippen molar-refractivity contribution >= 4 is 12.1 Å². The summed E-state index contributed by atoms with van der Waals surface area (Å²) in [6.07, 6.45) is 0.687. The largest absolute Gasteiger partial charge is 0.321 e. The first kappa shape index (κ1) is 9.61. The van der Waals surface area contributed by atoms with Gasteiger partial charge in [-0.05, 0) is 12.0 Å². The number of benzene rings is 1. The van der Waals surface area contributed by atoms with Gasteiger partial charge in [0, 0.05) is 0 Å². The van der Waals surface area contributed by atoms with E-state index in [1.165, 1.54) is 0 Å². The van der Waals surface area contributed by atoms with Crippen molar-refractivity contribution in [1.82, 2.24) is 0 Å². The molecule has 0 aromatic heterocycles. The Kier molecular flexibility index (Phi) is 3.34. The van der Waals surface area contributed by atoms with Crippen molar-refractivity contribution in [3.05, 3.63) is 35.9 Å². The lowest BCUT2D eigenvalue weighted by Crippen LogP contribution is -2.33. The average Bonchev–Trinajstić information content (AvgIpc) is 2.18. The van der Waals surface area contributed by atoms with Crippen LogP contribution in [0.3, 0.4) is 0 Å². The summed E-state index contributed by atoms with van der Waals surface area (Å²) in [4.78, 5) is 20.9. The maximum atomic E-state index is 10.8. The lowest BCUT2D eigenvalue weighted by molar-refractivity contribution is -0.130. The molecule has 0 heterocycles. The van der Waals surface area contributed by atoms with E-state index in [-0.39, 0.29) is 6.29 Å².